The van der Waals surface area contributed by atoms with E-state index in [2.05, 4.69) is 4.98 Å². The number of benzene rings is 1. The second-order valence-corrected chi connectivity index (χ2v) is 5.27. The topological polar surface area (TPSA) is 36.4 Å². The summed E-state index contributed by atoms with van der Waals surface area (Å²) in [5, 5.41) is 9.34. The summed E-state index contributed by atoms with van der Waals surface area (Å²) in [6.45, 7) is 0.424. The maximum Gasteiger partial charge on any atom is 0.416 e. The zero-order valence-corrected chi connectivity index (χ0v) is 12.4. The number of aromatic nitrogens is 1. The predicted molar refractivity (Wildman–Crippen MR) is 78.0 cm³/mol. The van der Waals surface area contributed by atoms with Crippen LogP contribution in [0.5, 0.6) is 0 Å². The Morgan fingerprint density at radius 2 is 1.68 bits per heavy atom. The number of aliphatic hydroxyl groups excluding tert-OH is 1. The van der Waals surface area contributed by atoms with Crippen LogP contribution in [0.3, 0.4) is 0 Å². The zero-order valence-electron chi connectivity index (χ0n) is 12.4. The van der Waals surface area contributed by atoms with Crippen molar-refractivity contribution in [3.05, 3.63) is 53.2 Å². The molecule has 6 heteroatoms. The van der Waals surface area contributed by atoms with Crippen LogP contribution in [0, 0.1) is 0 Å². The summed E-state index contributed by atoms with van der Waals surface area (Å²) in [5.74, 6) is 0. The SMILES string of the molecule is CN(C)Cc1nc(-c2ccc(C(F)(F)F)cc2)ccc1CO. The number of halogens is 3. The molecule has 0 fully saturated rings. The minimum Gasteiger partial charge on any atom is -0.392 e. The zero-order chi connectivity index (χ0) is 16.3. The molecule has 1 aromatic carbocycles. The molecule has 1 N–H and O–H groups in total. The van der Waals surface area contributed by atoms with E-state index < -0.39 is 11.7 Å². The van der Waals surface area contributed by atoms with Gasteiger partial charge in [-0.05, 0) is 32.3 Å². The predicted octanol–water partition coefficient (Wildman–Crippen LogP) is 3.32. The number of hydrogen-bond acceptors (Lipinski definition) is 3. The Bertz CT molecular complexity index is 637. The van der Waals surface area contributed by atoms with Crippen molar-refractivity contribution < 1.29 is 18.3 Å². The van der Waals surface area contributed by atoms with Crippen molar-refractivity contribution in [1.82, 2.24) is 9.88 Å². The maximum atomic E-state index is 12.6. The summed E-state index contributed by atoms with van der Waals surface area (Å²) < 4.78 is 37.7. The summed E-state index contributed by atoms with van der Waals surface area (Å²) in [5.41, 5.74) is 1.94. The Labute approximate surface area is 127 Å². The minimum absolute atomic E-state index is 0.122. The maximum absolute atomic E-state index is 12.6. The van der Waals surface area contributed by atoms with Crippen LogP contribution in [0.15, 0.2) is 36.4 Å². The molecule has 0 aliphatic rings. The number of rotatable bonds is 4. The molecule has 0 saturated heterocycles. The van der Waals surface area contributed by atoms with Crippen LogP contribution >= 0.6 is 0 Å². The van der Waals surface area contributed by atoms with Gasteiger partial charge in [0.25, 0.3) is 0 Å². The van der Waals surface area contributed by atoms with Gasteiger partial charge in [0, 0.05) is 17.7 Å². The molecule has 0 amide bonds. The molecule has 2 rings (SSSR count). The van der Waals surface area contributed by atoms with E-state index in [1.165, 1.54) is 12.1 Å². The molecule has 0 bridgehead atoms. The van der Waals surface area contributed by atoms with Crippen molar-refractivity contribution in [2.24, 2.45) is 0 Å². The van der Waals surface area contributed by atoms with E-state index in [0.717, 1.165) is 12.1 Å². The normalized spacial score (nSPS) is 12.0. The van der Waals surface area contributed by atoms with E-state index in [1.54, 1.807) is 12.1 Å². The second-order valence-electron chi connectivity index (χ2n) is 5.27. The van der Waals surface area contributed by atoms with Crippen LogP contribution in [0.2, 0.25) is 0 Å². The summed E-state index contributed by atoms with van der Waals surface area (Å²) in [6.07, 6.45) is -4.34. The smallest absolute Gasteiger partial charge is 0.392 e. The van der Waals surface area contributed by atoms with Crippen LogP contribution in [-0.4, -0.2) is 29.1 Å². The van der Waals surface area contributed by atoms with Gasteiger partial charge >= 0.3 is 6.18 Å². The van der Waals surface area contributed by atoms with Crippen LogP contribution in [0.4, 0.5) is 13.2 Å². The highest BCUT2D eigenvalue weighted by Gasteiger charge is 2.30. The minimum atomic E-state index is -4.34. The first-order valence-corrected chi connectivity index (χ1v) is 6.73. The number of hydrogen-bond donors (Lipinski definition) is 1. The van der Waals surface area contributed by atoms with Gasteiger partial charge in [0.2, 0.25) is 0 Å². The van der Waals surface area contributed by atoms with Gasteiger partial charge in [-0.15, -0.1) is 0 Å². The molecule has 2 aromatic rings. The molecule has 0 radical (unpaired) electrons. The van der Waals surface area contributed by atoms with Crippen molar-refractivity contribution in [3.8, 4) is 11.3 Å². The van der Waals surface area contributed by atoms with Crippen molar-refractivity contribution in [1.29, 1.82) is 0 Å². The molecule has 3 nitrogen and oxygen atoms in total. The third-order valence-electron chi connectivity index (χ3n) is 3.21. The lowest BCUT2D eigenvalue weighted by atomic mass is 10.1. The number of alkyl halides is 3. The summed E-state index contributed by atoms with van der Waals surface area (Å²) in [6, 6.07) is 8.35. The van der Waals surface area contributed by atoms with Crippen molar-refractivity contribution in [2.45, 2.75) is 19.3 Å². The Balaban J connectivity index is 2.36. The van der Waals surface area contributed by atoms with Crippen LogP contribution < -0.4 is 0 Å². The molecule has 0 atom stereocenters. The van der Waals surface area contributed by atoms with Crippen molar-refractivity contribution >= 4 is 0 Å². The Morgan fingerprint density at radius 1 is 1.05 bits per heavy atom. The highest BCUT2D eigenvalue weighted by Crippen LogP contribution is 2.30. The van der Waals surface area contributed by atoms with E-state index in [4.69, 9.17) is 0 Å². The van der Waals surface area contributed by atoms with Gasteiger partial charge in [-0.25, -0.2) is 0 Å². The van der Waals surface area contributed by atoms with Gasteiger partial charge in [-0.3, -0.25) is 4.98 Å². The largest absolute Gasteiger partial charge is 0.416 e. The lowest BCUT2D eigenvalue weighted by Crippen LogP contribution is -2.14. The second kappa shape index (κ2) is 6.46. The highest BCUT2D eigenvalue weighted by atomic mass is 19.4. The molecule has 1 aromatic heterocycles. The lowest BCUT2D eigenvalue weighted by molar-refractivity contribution is -0.137. The molecule has 0 saturated carbocycles. The van der Waals surface area contributed by atoms with Gasteiger partial charge in [0.05, 0.1) is 23.6 Å². The molecule has 0 spiro atoms. The number of nitrogens with zero attached hydrogens (tertiary/aromatic N) is 2. The van der Waals surface area contributed by atoms with Gasteiger partial charge < -0.3 is 10.0 Å². The van der Waals surface area contributed by atoms with E-state index in [0.29, 0.717) is 29.1 Å². The van der Waals surface area contributed by atoms with Crippen molar-refractivity contribution in [2.75, 3.05) is 14.1 Å². The molecule has 1 heterocycles. The fraction of sp³-hybridized carbons (Fsp3) is 0.312. The highest BCUT2D eigenvalue weighted by molar-refractivity contribution is 5.60. The van der Waals surface area contributed by atoms with Crippen LogP contribution in [0.1, 0.15) is 16.8 Å². The Hall–Kier alpha value is -1.92. The fourth-order valence-corrected chi connectivity index (χ4v) is 2.10. The molecule has 0 aliphatic heterocycles. The third-order valence-corrected chi connectivity index (χ3v) is 3.21. The van der Waals surface area contributed by atoms with E-state index in [1.807, 2.05) is 19.0 Å². The van der Waals surface area contributed by atoms with E-state index >= 15 is 0 Å². The monoisotopic (exact) mass is 310 g/mol. The summed E-state index contributed by atoms with van der Waals surface area (Å²) in [7, 11) is 3.77. The van der Waals surface area contributed by atoms with Gasteiger partial charge in [0.15, 0.2) is 0 Å². The first kappa shape index (κ1) is 16.5. The van der Waals surface area contributed by atoms with Gasteiger partial charge in [0.1, 0.15) is 0 Å². The number of aliphatic hydroxyl groups is 1. The number of pyridine rings is 1. The summed E-state index contributed by atoms with van der Waals surface area (Å²) in [4.78, 5) is 6.38. The first-order valence-electron chi connectivity index (χ1n) is 6.73. The standard InChI is InChI=1S/C16H17F3N2O/c1-21(2)9-15-12(10-22)5-8-14(20-15)11-3-6-13(7-4-11)16(17,18)19/h3-8,22H,9-10H2,1-2H3. The molecule has 0 aliphatic carbocycles. The van der Waals surface area contributed by atoms with Crippen LogP contribution in [0.25, 0.3) is 11.3 Å². The van der Waals surface area contributed by atoms with Gasteiger partial charge in [-0.2, -0.15) is 13.2 Å². The lowest BCUT2D eigenvalue weighted by Gasteiger charge is -2.14. The van der Waals surface area contributed by atoms with Crippen molar-refractivity contribution in [3.63, 3.8) is 0 Å². The van der Waals surface area contributed by atoms with Gasteiger partial charge in [-0.1, -0.05) is 18.2 Å². The molecule has 22 heavy (non-hydrogen) atoms. The molecule has 0 unspecified atom stereocenters. The first-order chi connectivity index (χ1) is 10.3. The summed E-state index contributed by atoms with van der Waals surface area (Å²) >= 11 is 0. The fourth-order valence-electron chi connectivity index (χ4n) is 2.10. The molecule has 118 valence electrons. The average Bonchev–Trinajstić information content (AvgIpc) is 2.46. The molecular formula is C16H17F3N2O. The average molecular weight is 310 g/mol. The quantitative estimate of drug-likeness (QED) is 0.941. The van der Waals surface area contributed by atoms with Crippen LogP contribution in [-0.2, 0) is 19.3 Å². The third kappa shape index (κ3) is 3.84. The Kier molecular flexibility index (Phi) is 4.83. The molecular weight excluding hydrogens is 293 g/mol. The Morgan fingerprint density at radius 3 is 2.18 bits per heavy atom. The van der Waals surface area contributed by atoms with E-state index in [9.17, 15) is 18.3 Å². The van der Waals surface area contributed by atoms with E-state index in [-0.39, 0.29) is 6.61 Å².